The maximum Gasteiger partial charge on any atom is 0.145 e. The van der Waals surface area contributed by atoms with Gasteiger partial charge in [-0.05, 0) is 22.8 Å². The Hall–Kier alpha value is -5.51. The summed E-state index contributed by atoms with van der Waals surface area (Å²) < 4.78 is 2.29. The molecule has 44 heavy (non-hydrogen) atoms. The van der Waals surface area contributed by atoms with Gasteiger partial charge in [0.2, 0.25) is 0 Å². The molecule has 3 heteroatoms. The third-order valence-electron chi connectivity index (χ3n) is 8.08. The molecule has 0 N–H and O–H groups in total. The topological polar surface area (TPSA) is 17.8 Å². The largest absolute Gasteiger partial charge is 0.298 e. The molecule has 0 spiro atoms. The second-order valence-electron chi connectivity index (χ2n) is 10.8. The second-order valence-corrected chi connectivity index (χ2v) is 11.8. The van der Waals surface area contributed by atoms with Gasteiger partial charge in [-0.25, -0.2) is 4.98 Å². The lowest BCUT2D eigenvalue weighted by atomic mass is 9.94. The van der Waals surface area contributed by atoms with Crippen LogP contribution in [0.5, 0.6) is 0 Å². The first-order valence-electron chi connectivity index (χ1n) is 14.8. The van der Waals surface area contributed by atoms with Crippen molar-refractivity contribution in [1.82, 2.24) is 9.55 Å². The highest BCUT2D eigenvalue weighted by Crippen LogP contribution is 2.49. The Labute approximate surface area is 261 Å². The van der Waals surface area contributed by atoms with E-state index >= 15 is 0 Å². The van der Waals surface area contributed by atoms with Crippen molar-refractivity contribution in [1.29, 1.82) is 0 Å². The van der Waals surface area contributed by atoms with E-state index in [0.29, 0.717) is 0 Å². The fourth-order valence-corrected chi connectivity index (χ4v) is 7.37. The maximum absolute atomic E-state index is 5.25. The lowest BCUT2D eigenvalue weighted by Crippen LogP contribution is -2.00. The number of rotatable bonds is 6. The molecule has 2 heterocycles. The summed E-state index contributed by atoms with van der Waals surface area (Å²) in [4.78, 5) is 7.78. The number of imidazole rings is 1. The third-order valence-corrected chi connectivity index (χ3v) is 9.37. The fraction of sp³-hybridized carbons (Fsp3) is 0. The quantitative estimate of drug-likeness (QED) is 0.191. The molecule has 0 bridgehead atoms. The zero-order valence-corrected chi connectivity index (χ0v) is 24.8. The molecule has 0 radical (unpaired) electrons. The van der Waals surface area contributed by atoms with E-state index in [9.17, 15) is 0 Å². The van der Waals surface area contributed by atoms with Crippen molar-refractivity contribution >= 4 is 22.1 Å². The van der Waals surface area contributed by atoms with Crippen LogP contribution in [-0.4, -0.2) is 9.55 Å². The van der Waals surface area contributed by atoms with Crippen LogP contribution in [0.1, 0.15) is 0 Å². The number of fused-ring (bicyclic) bond motifs is 1. The van der Waals surface area contributed by atoms with E-state index in [1.54, 1.807) is 0 Å². The van der Waals surface area contributed by atoms with E-state index in [0.717, 1.165) is 28.3 Å². The van der Waals surface area contributed by atoms with Gasteiger partial charge in [-0.15, -0.1) is 11.3 Å². The molecule has 0 aliphatic heterocycles. The summed E-state index contributed by atoms with van der Waals surface area (Å²) >= 11 is 1.87. The van der Waals surface area contributed by atoms with Crippen LogP contribution in [0.3, 0.4) is 0 Å². The van der Waals surface area contributed by atoms with Gasteiger partial charge in [0.05, 0.1) is 11.4 Å². The van der Waals surface area contributed by atoms with Gasteiger partial charge < -0.3 is 0 Å². The molecule has 2 aromatic heterocycles. The smallest absolute Gasteiger partial charge is 0.145 e. The average molecular weight is 581 g/mol. The van der Waals surface area contributed by atoms with Gasteiger partial charge in [0, 0.05) is 43.4 Å². The highest BCUT2D eigenvalue weighted by Gasteiger charge is 2.23. The molecule has 208 valence electrons. The van der Waals surface area contributed by atoms with Gasteiger partial charge in [0.1, 0.15) is 5.82 Å². The molecular formula is C41H28N2S. The summed E-state index contributed by atoms with van der Waals surface area (Å²) in [6, 6.07) is 57.9. The maximum atomic E-state index is 5.25. The minimum atomic E-state index is 0.917. The van der Waals surface area contributed by atoms with Crippen molar-refractivity contribution in [3.8, 4) is 60.3 Å². The number of aromatic nitrogens is 2. The standard InChI is InChI=1S/C41H28N2S/c1-5-16-29(17-6-1)33-26-15-27-37(38(33)40-35-25-14-13-24-34(35)39(44-40)31-20-9-3-10-21-31)43-28-36(30-18-7-2-8-19-30)42-41(43)32-22-11-4-12-23-32/h1-28H. The van der Waals surface area contributed by atoms with E-state index in [-0.39, 0.29) is 0 Å². The molecule has 8 rings (SSSR count). The van der Waals surface area contributed by atoms with Crippen molar-refractivity contribution in [2.24, 2.45) is 0 Å². The van der Waals surface area contributed by atoms with Gasteiger partial charge in [-0.1, -0.05) is 158 Å². The Kier molecular flexibility index (Phi) is 6.71. The predicted octanol–water partition coefficient (Wildman–Crippen LogP) is 11.4. The number of hydrogen-bond acceptors (Lipinski definition) is 2. The summed E-state index contributed by atoms with van der Waals surface area (Å²) in [7, 11) is 0. The fourth-order valence-electron chi connectivity index (χ4n) is 6.02. The van der Waals surface area contributed by atoms with E-state index in [1.807, 2.05) is 17.4 Å². The van der Waals surface area contributed by atoms with Crippen LogP contribution in [0, 0.1) is 0 Å². The molecule has 8 aromatic rings. The summed E-state index contributed by atoms with van der Waals surface area (Å²) in [6.45, 7) is 0. The Morgan fingerprint density at radius 2 is 0.955 bits per heavy atom. The van der Waals surface area contributed by atoms with Crippen molar-refractivity contribution < 1.29 is 0 Å². The molecule has 2 nitrogen and oxygen atoms in total. The zero-order valence-electron chi connectivity index (χ0n) is 24.0. The first-order chi connectivity index (χ1) is 21.8. The lowest BCUT2D eigenvalue weighted by Gasteiger charge is -2.17. The molecule has 0 saturated carbocycles. The van der Waals surface area contributed by atoms with Gasteiger partial charge in [-0.2, -0.15) is 0 Å². The van der Waals surface area contributed by atoms with E-state index in [2.05, 4.69) is 168 Å². The highest BCUT2D eigenvalue weighted by molar-refractivity contribution is 7.21. The molecule has 0 fully saturated rings. The summed E-state index contributed by atoms with van der Waals surface area (Å²) in [6.07, 6.45) is 2.19. The monoisotopic (exact) mass is 580 g/mol. The highest BCUT2D eigenvalue weighted by atomic mass is 32.1. The van der Waals surface area contributed by atoms with Gasteiger partial charge in [-0.3, -0.25) is 4.57 Å². The zero-order chi connectivity index (χ0) is 29.3. The Morgan fingerprint density at radius 3 is 1.59 bits per heavy atom. The number of thiophene rings is 1. The molecule has 0 amide bonds. The molecule has 6 aromatic carbocycles. The first kappa shape index (κ1) is 26.1. The van der Waals surface area contributed by atoms with Crippen LogP contribution in [0.4, 0.5) is 0 Å². The summed E-state index contributed by atoms with van der Waals surface area (Å²) in [5.41, 5.74) is 9.04. The van der Waals surface area contributed by atoms with Crippen LogP contribution < -0.4 is 0 Å². The van der Waals surface area contributed by atoms with Crippen molar-refractivity contribution in [3.63, 3.8) is 0 Å². The van der Waals surface area contributed by atoms with Crippen molar-refractivity contribution in [2.75, 3.05) is 0 Å². The molecule has 0 unspecified atom stereocenters. The molecule has 0 saturated heterocycles. The second kappa shape index (κ2) is 11.3. The predicted molar refractivity (Wildman–Crippen MR) is 186 cm³/mol. The van der Waals surface area contributed by atoms with E-state index < -0.39 is 0 Å². The van der Waals surface area contributed by atoms with Crippen molar-refractivity contribution in [3.05, 3.63) is 170 Å². The Bertz CT molecular complexity index is 2200. The minimum absolute atomic E-state index is 0.917. The number of benzene rings is 6. The average Bonchev–Trinajstić information content (AvgIpc) is 3.73. The minimum Gasteiger partial charge on any atom is -0.298 e. The molecule has 0 atom stereocenters. The van der Waals surface area contributed by atoms with Crippen molar-refractivity contribution in [2.45, 2.75) is 0 Å². The molecule has 0 aliphatic carbocycles. The van der Waals surface area contributed by atoms with Crippen LogP contribution in [0.15, 0.2) is 170 Å². The van der Waals surface area contributed by atoms with Crippen LogP contribution in [-0.2, 0) is 0 Å². The Morgan fingerprint density at radius 1 is 0.432 bits per heavy atom. The van der Waals surface area contributed by atoms with Gasteiger partial charge >= 0.3 is 0 Å². The van der Waals surface area contributed by atoms with Crippen LogP contribution >= 0.6 is 11.3 Å². The molecule has 0 aliphatic rings. The normalized spacial score (nSPS) is 11.2. The Balaban J connectivity index is 1.46. The summed E-state index contributed by atoms with van der Waals surface area (Å²) in [5, 5.41) is 2.53. The first-order valence-corrected chi connectivity index (χ1v) is 15.6. The number of nitrogens with zero attached hydrogens (tertiary/aromatic N) is 2. The van der Waals surface area contributed by atoms with E-state index in [4.69, 9.17) is 4.98 Å². The SMILES string of the molecule is c1ccc(-c2cn(-c3cccc(-c4ccccc4)c3-c3sc(-c4ccccc4)c4ccccc34)c(-c3ccccc3)n2)cc1. The summed E-state index contributed by atoms with van der Waals surface area (Å²) in [5.74, 6) is 0.917. The molecular weight excluding hydrogens is 553 g/mol. The third kappa shape index (κ3) is 4.64. The van der Waals surface area contributed by atoms with Crippen LogP contribution in [0.2, 0.25) is 0 Å². The number of hydrogen-bond donors (Lipinski definition) is 0. The van der Waals surface area contributed by atoms with Gasteiger partial charge in [0.15, 0.2) is 0 Å². The lowest BCUT2D eigenvalue weighted by molar-refractivity contribution is 1.07. The van der Waals surface area contributed by atoms with E-state index in [1.165, 1.54) is 42.8 Å². The van der Waals surface area contributed by atoms with Gasteiger partial charge in [0.25, 0.3) is 0 Å². The van der Waals surface area contributed by atoms with Crippen LogP contribution in [0.25, 0.3) is 71.1 Å².